The van der Waals surface area contributed by atoms with Crippen LogP contribution >= 0.6 is 0 Å². The number of hydrogen-bond acceptors (Lipinski definition) is 3. The van der Waals surface area contributed by atoms with Gasteiger partial charge in [0.2, 0.25) is 0 Å². The summed E-state index contributed by atoms with van der Waals surface area (Å²) in [5.41, 5.74) is 5.20. The average molecular weight is 175 g/mol. The molecule has 0 fully saturated rings. The van der Waals surface area contributed by atoms with E-state index >= 15 is 0 Å². The normalized spacial score (nSPS) is 13.8. The van der Waals surface area contributed by atoms with Crippen LogP contribution in [0.2, 0.25) is 0 Å². The summed E-state index contributed by atoms with van der Waals surface area (Å²) in [7, 11) is 0. The van der Waals surface area contributed by atoms with Gasteiger partial charge in [0, 0.05) is 13.2 Å². The maximum Gasteiger partial charge on any atom is 0.0895 e. The minimum atomic E-state index is -0.496. The number of aliphatic hydroxyl groups excluding tert-OH is 1. The second-order valence-corrected chi connectivity index (χ2v) is 3.50. The van der Waals surface area contributed by atoms with Gasteiger partial charge in [0.25, 0.3) is 0 Å². The summed E-state index contributed by atoms with van der Waals surface area (Å²) in [5.74, 6) is 0.730. The summed E-state index contributed by atoms with van der Waals surface area (Å²) < 4.78 is 5.21. The van der Waals surface area contributed by atoms with E-state index in [4.69, 9.17) is 15.6 Å². The van der Waals surface area contributed by atoms with Crippen LogP contribution in [0, 0.1) is 5.92 Å². The zero-order valence-electron chi connectivity index (χ0n) is 8.12. The first-order chi connectivity index (χ1) is 5.66. The molecule has 3 nitrogen and oxygen atoms in total. The van der Waals surface area contributed by atoms with Crippen LogP contribution in [0.4, 0.5) is 0 Å². The molecule has 0 aliphatic carbocycles. The number of aliphatic hydroxyl groups is 1. The van der Waals surface area contributed by atoms with Crippen molar-refractivity contribution in [1.82, 2.24) is 0 Å². The molecule has 0 rings (SSSR count). The van der Waals surface area contributed by atoms with Gasteiger partial charge in [-0.25, -0.2) is 0 Å². The third-order valence-corrected chi connectivity index (χ3v) is 1.65. The molecule has 0 saturated heterocycles. The Morgan fingerprint density at radius 3 is 2.58 bits per heavy atom. The topological polar surface area (TPSA) is 55.5 Å². The van der Waals surface area contributed by atoms with Crippen LogP contribution in [0.1, 0.15) is 26.7 Å². The first-order valence-corrected chi connectivity index (χ1v) is 4.62. The molecule has 0 amide bonds. The van der Waals surface area contributed by atoms with Gasteiger partial charge >= 0.3 is 0 Å². The highest BCUT2D eigenvalue weighted by molar-refractivity contribution is 4.52. The Labute approximate surface area is 74.9 Å². The van der Waals surface area contributed by atoms with Gasteiger partial charge in [-0.05, 0) is 18.8 Å². The van der Waals surface area contributed by atoms with E-state index in [1.165, 1.54) is 6.42 Å². The molecule has 0 heterocycles. The van der Waals surface area contributed by atoms with Gasteiger partial charge in [-0.2, -0.15) is 0 Å². The Morgan fingerprint density at radius 2 is 2.08 bits per heavy atom. The van der Waals surface area contributed by atoms with Crippen molar-refractivity contribution < 1.29 is 9.84 Å². The fourth-order valence-corrected chi connectivity index (χ4v) is 0.881. The molecule has 0 aromatic rings. The fourth-order valence-electron chi connectivity index (χ4n) is 0.881. The molecule has 0 aromatic carbocycles. The maximum atomic E-state index is 9.02. The molecule has 0 aliphatic heterocycles. The predicted molar refractivity (Wildman–Crippen MR) is 50.0 cm³/mol. The van der Waals surface area contributed by atoms with E-state index in [9.17, 15) is 0 Å². The van der Waals surface area contributed by atoms with E-state index in [0.717, 1.165) is 18.9 Å². The Bertz CT molecular complexity index is 96.5. The molecule has 3 heteroatoms. The second-order valence-electron chi connectivity index (χ2n) is 3.50. The largest absolute Gasteiger partial charge is 0.389 e. The van der Waals surface area contributed by atoms with Crippen molar-refractivity contribution in [3.05, 3.63) is 0 Å². The van der Waals surface area contributed by atoms with Crippen LogP contribution in [0.3, 0.4) is 0 Å². The maximum absolute atomic E-state index is 9.02. The van der Waals surface area contributed by atoms with Gasteiger partial charge in [0.05, 0.1) is 12.7 Å². The summed E-state index contributed by atoms with van der Waals surface area (Å²) in [4.78, 5) is 0. The standard InChI is InChI=1S/C9H21NO2/c1-8(2)4-3-5-12-7-9(11)6-10/h8-9,11H,3-7,10H2,1-2H3. The monoisotopic (exact) mass is 175 g/mol. The van der Waals surface area contributed by atoms with Crippen LogP contribution in [0.5, 0.6) is 0 Å². The molecule has 74 valence electrons. The van der Waals surface area contributed by atoms with E-state index in [-0.39, 0.29) is 6.54 Å². The highest BCUT2D eigenvalue weighted by Gasteiger charge is 2.00. The number of hydrogen-bond donors (Lipinski definition) is 2. The van der Waals surface area contributed by atoms with Gasteiger partial charge in [-0.1, -0.05) is 13.8 Å². The molecule has 0 saturated carbocycles. The van der Waals surface area contributed by atoms with Crippen LogP contribution in [0.15, 0.2) is 0 Å². The third-order valence-electron chi connectivity index (χ3n) is 1.65. The summed E-state index contributed by atoms with van der Waals surface area (Å²) in [6.45, 7) is 5.76. The minimum absolute atomic E-state index is 0.282. The lowest BCUT2D eigenvalue weighted by atomic mass is 10.1. The van der Waals surface area contributed by atoms with Crippen molar-refractivity contribution in [2.45, 2.75) is 32.8 Å². The Morgan fingerprint density at radius 1 is 1.42 bits per heavy atom. The molecular weight excluding hydrogens is 154 g/mol. The highest BCUT2D eigenvalue weighted by atomic mass is 16.5. The van der Waals surface area contributed by atoms with Crippen molar-refractivity contribution in [2.75, 3.05) is 19.8 Å². The molecule has 0 spiro atoms. The number of ether oxygens (including phenoxy) is 1. The first kappa shape index (κ1) is 11.9. The lowest BCUT2D eigenvalue weighted by Crippen LogP contribution is -2.25. The molecule has 0 bridgehead atoms. The van der Waals surface area contributed by atoms with Gasteiger partial charge < -0.3 is 15.6 Å². The van der Waals surface area contributed by atoms with Crippen LogP contribution in [0.25, 0.3) is 0 Å². The lowest BCUT2D eigenvalue weighted by Gasteiger charge is -2.09. The molecule has 3 N–H and O–H groups in total. The van der Waals surface area contributed by atoms with Crippen LogP contribution in [-0.4, -0.2) is 31.0 Å². The predicted octanol–water partition coefficient (Wildman–Crippen LogP) is 0.759. The van der Waals surface area contributed by atoms with Crippen LogP contribution < -0.4 is 5.73 Å². The molecule has 1 unspecified atom stereocenters. The Balaban J connectivity index is 3.00. The van der Waals surface area contributed by atoms with Gasteiger partial charge in [0.1, 0.15) is 0 Å². The average Bonchev–Trinajstić information content (AvgIpc) is 2.03. The summed E-state index contributed by atoms with van der Waals surface area (Å²) in [5, 5.41) is 9.02. The lowest BCUT2D eigenvalue weighted by molar-refractivity contribution is 0.0390. The van der Waals surface area contributed by atoms with Gasteiger partial charge in [-0.3, -0.25) is 0 Å². The number of nitrogens with two attached hydrogens (primary N) is 1. The summed E-state index contributed by atoms with van der Waals surface area (Å²) >= 11 is 0. The van der Waals surface area contributed by atoms with E-state index in [1.54, 1.807) is 0 Å². The van der Waals surface area contributed by atoms with E-state index in [1.807, 2.05) is 0 Å². The first-order valence-electron chi connectivity index (χ1n) is 4.62. The van der Waals surface area contributed by atoms with E-state index < -0.39 is 6.10 Å². The van der Waals surface area contributed by atoms with Crippen molar-refractivity contribution in [3.63, 3.8) is 0 Å². The van der Waals surface area contributed by atoms with Crippen molar-refractivity contribution in [3.8, 4) is 0 Å². The minimum Gasteiger partial charge on any atom is -0.389 e. The zero-order chi connectivity index (χ0) is 9.40. The smallest absolute Gasteiger partial charge is 0.0895 e. The fraction of sp³-hybridized carbons (Fsp3) is 1.00. The van der Waals surface area contributed by atoms with Gasteiger partial charge in [-0.15, -0.1) is 0 Å². The Kier molecular flexibility index (Phi) is 7.45. The van der Waals surface area contributed by atoms with E-state index in [2.05, 4.69) is 13.8 Å². The third kappa shape index (κ3) is 7.98. The molecular formula is C9H21NO2. The zero-order valence-corrected chi connectivity index (χ0v) is 8.12. The van der Waals surface area contributed by atoms with Gasteiger partial charge in [0.15, 0.2) is 0 Å². The highest BCUT2D eigenvalue weighted by Crippen LogP contribution is 2.02. The summed E-state index contributed by atoms with van der Waals surface area (Å²) in [6, 6.07) is 0. The van der Waals surface area contributed by atoms with Crippen molar-refractivity contribution >= 4 is 0 Å². The number of rotatable bonds is 7. The van der Waals surface area contributed by atoms with Crippen LogP contribution in [-0.2, 0) is 4.74 Å². The van der Waals surface area contributed by atoms with Crippen molar-refractivity contribution in [1.29, 1.82) is 0 Å². The Hall–Kier alpha value is -0.120. The van der Waals surface area contributed by atoms with Crippen molar-refractivity contribution in [2.24, 2.45) is 11.7 Å². The second kappa shape index (κ2) is 7.53. The molecule has 0 aromatic heterocycles. The quantitative estimate of drug-likeness (QED) is 0.562. The molecule has 1 atom stereocenters. The SMILES string of the molecule is CC(C)CCCOCC(O)CN. The van der Waals surface area contributed by atoms with E-state index in [0.29, 0.717) is 6.61 Å². The summed E-state index contributed by atoms with van der Waals surface area (Å²) in [6.07, 6.45) is 1.75. The molecule has 12 heavy (non-hydrogen) atoms. The molecule has 0 radical (unpaired) electrons. The molecule has 0 aliphatic rings.